The standard InChI is InChI=1S/C13H11N3O3S/c17-13(18)9-7-20-11(16-9)2-5-15-12-8-3-6-19-10(8)1-4-14-12/h1,3-4,6-7H,2,5H2,(H,14,15)(H,17,18). The number of aromatic carboxylic acids is 1. The first-order chi connectivity index (χ1) is 9.74. The molecule has 2 N–H and O–H groups in total. The largest absolute Gasteiger partial charge is 0.476 e. The second-order valence-corrected chi connectivity index (χ2v) is 5.04. The van der Waals surface area contributed by atoms with E-state index >= 15 is 0 Å². The van der Waals surface area contributed by atoms with E-state index in [-0.39, 0.29) is 5.69 Å². The monoisotopic (exact) mass is 289 g/mol. The molecule has 3 rings (SSSR count). The third-order valence-corrected chi connectivity index (χ3v) is 3.69. The number of aromatic nitrogens is 2. The van der Waals surface area contributed by atoms with Gasteiger partial charge in [-0.2, -0.15) is 0 Å². The maximum atomic E-state index is 10.7. The fourth-order valence-electron chi connectivity index (χ4n) is 1.85. The van der Waals surface area contributed by atoms with Crippen LogP contribution in [0, 0.1) is 0 Å². The molecule has 0 spiro atoms. The zero-order valence-corrected chi connectivity index (χ0v) is 11.2. The number of carboxylic acids is 1. The molecule has 3 heterocycles. The Kier molecular flexibility index (Phi) is 3.34. The van der Waals surface area contributed by atoms with Crippen molar-refractivity contribution in [3.05, 3.63) is 40.7 Å². The van der Waals surface area contributed by atoms with Gasteiger partial charge < -0.3 is 14.8 Å². The molecule has 0 saturated heterocycles. The van der Waals surface area contributed by atoms with Crippen molar-refractivity contribution in [3.8, 4) is 0 Å². The van der Waals surface area contributed by atoms with E-state index in [4.69, 9.17) is 9.52 Å². The summed E-state index contributed by atoms with van der Waals surface area (Å²) in [6.07, 6.45) is 3.95. The van der Waals surface area contributed by atoms with E-state index < -0.39 is 5.97 Å². The highest BCUT2D eigenvalue weighted by molar-refractivity contribution is 7.09. The lowest BCUT2D eigenvalue weighted by Crippen LogP contribution is -2.06. The predicted molar refractivity (Wildman–Crippen MR) is 75.3 cm³/mol. The molecule has 0 unspecified atom stereocenters. The van der Waals surface area contributed by atoms with Crippen LogP contribution in [0.3, 0.4) is 0 Å². The van der Waals surface area contributed by atoms with Crippen LogP contribution in [0.4, 0.5) is 5.82 Å². The third kappa shape index (κ3) is 2.48. The van der Waals surface area contributed by atoms with Gasteiger partial charge in [0.05, 0.1) is 16.7 Å². The van der Waals surface area contributed by atoms with Crippen molar-refractivity contribution >= 4 is 34.1 Å². The average molecular weight is 289 g/mol. The number of pyridine rings is 1. The summed E-state index contributed by atoms with van der Waals surface area (Å²) in [5.74, 6) is -0.239. The number of fused-ring (bicyclic) bond motifs is 1. The molecule has 0 aliphatic carbocycles. The molecule has 0 bridgehead atoms. The topological polar surface area (TPSA) is 88.2 Å². The van der Waals surface area contributed by atoms with Crippen LogP contribution in [-0.2, 0) is 6.42 Å². The fourth-order valence-corrected chi connectivity index (χ4v) is 2.62. The molecule has 0 atom stereocenters. The molecule has 6 nitrogen and oxygen atoms in total. The van der Waals surface area contributed by atoms with Gasteiger partial charge in [0.25, 0.3) is 0 Å². The molecule has 102 valence electrons. The normalized spacial score (nSPS) is 10.8. The molecule has 0 saturated carbocycles. The Hall–Kier alpha value is -2.41. The number of nitrogens with one attached hydrogen (secondary N) is 1. The first kappa shape index (κ1) is 12.6. The minimum atomic E-state index is -0.995. The number of furan rings is 1. The van der Waals surface area contributed by atoms with Crippen LogP contribution in [0.5, 0.6) is 0 Å². The average Bonchev–Trinajstić information content (AvgIpc) is 3.07. The Labute approximate surface area is 118 Å². The molecular formula is C13H11N3O3S. The lowest BCUT2D eigenvalue weighted by molar-refractivity contribution is 0.0691. The van der Waals surface area contributed by atoms with E-state index in [9.17, 15) is 4.79 Å². The van der Waals surface area contributed by atoms with Gasteiger partial charge in [0.1, 0.15) is 11.4 Å². The summed E-state index contributed by atoms with van der Waals surface area (Å²) < 4.78 is 5.30. The van der Waals surface area contributed by atoms with Gasteiger partial charge in [0.15, 0.2) is 5.69 Å². The number of hydrogen-bond donors (Lipinski definition) is 2. The SMILES string of the molecule is O=C(O)c1csc(CCNc2nccc3occc23)n1. The Bertz CT molecular complexity index is 750. The second-order valence-electron chi connectivity index (χ2n) is 4.10. The van der Waals surface area contributed by atoms with E-state index in [0.29, 0.717) is 13.0 Å². The molecule has 3 aromatic rings. The first-order valence-corrected chi connectivity index (χ1v) is 6.86. The van der Waals surface area contributed by atoms with E-state index in [2.05, 4.69) is 15.3 Å². The highest BCUT2D eigenvalue weighted by atomic mass is 32.1. The van der Waals surface area contributed by atoms with Crippen molar-refractivity contribution in [3.63, 3.8) is 0 Å². The van der Waals surface area contributed by atoms with Gasteiger partial charge in [0.2, 0.25) is 0 Å². The van der Waals surface area contributed by atoms with Gasteiger partial charge in [-0.15, -0.1) is 11.3 Å². The van der Waals surface area contributed by atoms with E-state index in [1.807, 2.05) is 6.07 Å². The Balaban J connectivity index is 1.64. The number of nitrogens with zero attached hydrogens (tertiary/aromatic N) is 2. The van der Waals surface area contributed by atoms with Crippen LogP contribution in [-0.4, -0.2) is 27.6 Å². The fraction of sp³-hybridized carbons (Fsp3) is 0.154. The molecule has 0 aliphatic rings. The molecule has 0 aliphatic heterocycles. The molecule has 7 heteroatoms. The van der Waals surface area contributed by atoms with Gasteiger partial charge in [-0.25, -0.2) is 14.8 Å². The van der Waals surface area contributed by atoms with Crippen LogP contribution in [0.1, 0.15) is 15.5 Å². The minimum absolute atomic E-state index is 0.0973. The summed E-state index contributed by atoms with van der Waals surface area (Å²) in [7, 11) is 0. The number of thiazole rings is 1. The second kappa shape index (κ2) is 5.30. The van der Waals surface area contributed by atoms with Crippen molar-refractivity contribution in [2.24, 2.45) is 0 Å². The third-order valence-electron chi connectivity index (χ3n) is 2.78. The molecule has 20 heavy (non-hydrogen) atoms. The molecule has 0 aromatic carbocycles. The van der Waals surface area contributed by atoms with Gasteiger partial charge >= 0.3 is 5.97 Å². The zero-order chi connectivity index (χ0) is 13.9. The van der Waals surface area contributed by atoms with Gasteiger partial charge in [-0.05, 0) is 12.1 Å². The van der Waals surface area contributed by atoms with Crippen molar-refractivity contribution in [2.45, 2.75) is 6.42 Å². The molecule has 3 aromatic heterocycles. The summed E-state index contributed by atoms with van der Waals surface area (Å²) in [5.41, 5.74) is 0.880. The van der Waals surface area contributed by atoms with Crippen molar-refractivity contribution in [1.29, 1.82) is 0 Å². The van der Waals surface area contributed by atoms with Crippen LogP contribution in [0.25, 0.3) is 11.0 Å². The molecule has 0 radical (unpaired) electrons. The zero-order valence-electron chi connectivity index (χ0n) is 10.4. The Morgan fingerprint density at radius 3 is 3.15 bits per heavy atom. The van der Waals surface area contributed by atoms with Crippen molar-refractivity contribution in [1.82, 2.24) is 9.97 Å². The predicted octanol–water partition coefficient (Wildman–Crippen LogP) is 2.64. The van der Waals surface area contributed by atoms with Crippen molar-refractivity contribution < 1.29 is 14.3 Å². The maximum Gasteiger partial charge on any atom is 0.355 e. The molecule has 0 amide bonds. The molecule has 0 fully saturated rings. The quantitative estimate of drug-likeness (QED) is 0.750. The number of hydrogen-bond acceptors (Lipinski definition) is 6. The van der Waals surface area contributed by atoms with Crippen LogP contribution in [0.15, 0.2) is 34.4 Å². The van der Waals surface area contributed by atoms with Crippen LogP contribution < -0.4 is 5.32 Å². The highest BCUT2D eigenvalue weighted by Gasteiger charge is 2.09. The minimum Gasteiger partial charge on any atom is -0.476 e. The maximum absolute atomic E-state index is 10.7. The number of anilines is 1. The summed E-state index contributed by atoms with van der Waals surface area (Å²) in [5, 5.41) is 15.3. The van der Waals surface area contributed by atoms with Crippen LogP contribution in [0.2, 0.25) is 0 Å². The first-order valence-electron chi connectivity index (χ1n) is 5.98. The van der Waals surface area contributed by atoms with Crippen LogP contribution >= 0.6 is 11.3 Å². The summed E-state index contributed by atoms with van der Waals surface area (Å²) in [4.78, 5) is 19.0. The van der Waals surface area contributed by atoms with Gasteiger partial charge in [0, 0.05) is 24.5 Å². The molecular weight excluding hydrogens is 278 g/mol. The van der Waals surface area contributed by atoms with E-state index in [1.165, 1.54) is 11.3 Å². The lowest BCUT2D eigenvalue weighted by Gasteiger charge is -2.04. The Morgan fingerprint density at radius 1 is 1.45 bits per heavy atom. The summed E-state index contributed by atoms with van der Waals surface area (Å²) in [6, 6.07) is 3.66. The van der Waals surface area contributed by atoms with Gasteiger partial charge in [-0.3, -0.25) is 0 Å². The summed E-state index contributed by atoms with van der Waals surface area (Å²) in [6.45, 7) is 0.629. The number of carbonyl (C=O) groups is 1. The number of carboxylic acid groups (broad SMARTS) is 1. The van der Waals surface area contributed by atoms with Crippen molar-refractivity contribution in [2.75, 3.05) is 11.9 Å². The Morgan fingerprint density at radius 2 is 2.35 bits per heavy atom. The lowest BCUT2D eigenvalue weighted by atomic mass is 10.3. The highest BCUT2D eigenvalue weighted by Crippen LogP contribution is 2.21. The van der Waals surface area contributed by atoms with Gasteiger partial charge in [-0.1, -0.05) is 0 Å². The van der Waals surface area contributed by atoms with E-state index in [1.54, 1.807) is 23.9 Å². The van der Waals surface area contributed by atoms with E-state index in [0.717, 1.165) is 21.8 Å². The smallest absolute Gasteiger partial charge is 0.355 e. The number of rotatable bonds is 5. The summed E-state index contributed by atoms with van der Waals surface area (Å²) >= 11 is 1.35.